The summed E-state index contributed by atoms with van der Waals surface area (Å²) in [5.41, 5.74) is 0.606. The second kappa shape index (κ2) is 6.58. The molecule has 2 nitrogen and oxygen atoms in total. The zero-order chi connectivity index (χ0) is 13.9. The molecule has 0 radical (unpaired) electrons. The van der Waals surface area contributed by atoms with Gasteiger partial charge >= 0.3 is 0 Å². The highest BCUT2D eigenvalue weighted by Crippen LogP contribution is 2.38. The molecule has 2 fully saturated rings. The molecular weight excluding hydrogens is 232 g/mol. The van der Waals surface area contributed by atoms with Crippen LogP contribution in [0.4, 0.5) is 0 Å². The first kappa shape index (κ1) is 15.3. The first-order valence-corrected chi connectivity index (χ1v) is 8.41. The normalized spacial score (nSPS) is 29.2. The minimum Gasteiger partial charge on any atom is -0.316 e. The van der Waals surface area contributed by atoms with E-state index in [1.165, 1.54) is 58.3 Å². The summed E-state index contributed by atoms with van der Waals surface area (Å²) in [6, 6.07) is 0.892. The Morgan fingerprint density at radius 2 is 1.84 bits per heavy atom. The fraction of sp³-hybridized carbons (Fsp3) is 1.00. The second-order valence-corrected chi connectivity index (χ2v) is 8.10. The summed E-state index contributed by atoms with van der Waals surface area (Å²) in [5.74, 6) is 1.67. The lowest BCUT2D eigenvalue weighted by Crippen LogP contribution is -2.39. The molecule has 2 rings (SSSR count). The number of hydrogen-bond acceptors (Lipinski definition) is 2. The molecular formula is C17H34N2. The van der Waals surface area contributed by atoms with Crippen molar-refractivity contribution in [3.63, 3.8) is 0 Å². The number of hydrogen-bond donors (Lipinski definition) is 1. The number of likely N-dealkylation sites (tertiary alicyclic amines) is 1. The summed E-state index contributed by atoms with van der Waals surface area (Å²) in [6.45, 7) is 14.5. The van der Waals surface area contributed by atoms with Gasteiger partial charge in [-0.15, -0.1) is 0 Å². The monoisotopic (exact) mass is 266 g/mol. The third kappa shape index (κ3) is 4.75. The quantitative estimate of drug-likeness (QED) is 0.819. The molecule has 0 bridgehead atoms. The van der Waals surface area contributed by atoms with Crippen LogP contribution in [0.25, 0.3) is 0 Å². The molecule has 2 aliphatic rings. The molecule has 19 heavy (non-hydrogen) atoms. The predicted molar refractivity (Wildman–Crippen MR) is 83.4 cm³/mol. The van der Waals surface area contributed by atoms with E-state index in [1.54, 1.807) is 0 Å². The Bertz CT molecular complexity index is 262. The maximum Gasteiger partial charge on any atom is 0.00957 e. The standard InChI is InChI=1S/C17H34N2/c1-14(2)11-18-12-15-7-10-19(13-15)16-5-8-17(3,4)9-6-16/h14-16,18H,5-13H2,1-4H3. The zero-order valence-electron chi connectivity index (χ0n) is 13.5. The molecule has 2 heteroatoms. The van der Waals surface area contributed by atoms with Crippen LogP contribution < -0.4 is 5.32 Å². The molecule has 1 heterocycles. The van der Waals surface area contributed by atoms with Gasteiger partial charge in [-0.25, -0.2) is 0 Å². The molecule has 0 spiro atoms. The highest BCUT2D eigenvalue weighted by atomic mass is 15.2. The molecule has 0 aromatic carbocycles. The predicted octanol–water partition coefficient (Wildman–Crippen LogP) is 3.52. The van der Waals surface area contributed by atoms with Crippen LogP contribution in [0.3, 0.4) is 0 Å². The van der Waals surface area contributed by atoms with Gasteiger partial charge in [0.25, 0.3) is 0 Å². The zero-order valence-corrected chi connectivity index (χ0v) is 13.5. The van der Waals surface area contributed by atoms with E-state index < -0.39 is 0 Å². The molecule has 1 unspecified atom stereocenters. The Kier molecular flexibility index (Phi) is 5.30. The van der Waals surface area contributed by atoms with Crippen molar-refractivity contribution in [3.8, 4) is 0 Å². The highest BCUT2D eigenvalue weighted by Gasteiger charge is 2.33. The van der Waals surface area contributed by atoms with Gasteiger partial charge in [0.15, 0.2) is 0 Å². The van der Waals surface area contributed by atoms with Crippen LogP contribution in [0.15, 0.2) is 0 Å². The average molecular weight is 266 g/mol. The summed E-state index contributed by atoms with van der Waals surface area (Å²) in [4.78, 5) is 2.79. The van der Waals surface area contributed by atoms with Crippen LogP contribution in [0.2, 0.25) is 0 Å². The minimum absolute atomic E-state index is 0.606. The molecule has 1 saturated carbocycles. The van der Waals surface area contributed by atoms with Gasteiger partial charge in [-0.3, -0.25) is 0 Å². The van der Waals surface area contributed by atoms with Gasteiger partial charge in [0.05, 0.1) is 0 Å². The van der Waals surface area contributed by atoms with Crippen molar-refractivity contribution in [2.75, 3.05) is 26.2 Å². The van der Waals surface area contributed by atoms with Crippen LogP contribution >= 0.6 is 0 Å². The van der Waals surface area contributed by atoms with Gasteiger partial charge in [0.2, 0.25) is 0 Å². The van der Waals surface area contributed by atoms with Crippen molar-refractivity contribution in [3.05, 3.63) is 0 Å². The van der Waals surface area contributed by atoms with Crippen molar-refractivity contribution in [1.82, 2.24) is 10.2 Å². The summed E-state index contributed by atoms with van der Waals surface area (Å²) in [7, 11) is 0. The third-order valence-electron chi connectivity index (χ3n) is 5.13. The number of rotatable bonds is 5. The van der Waals surface area contributed by atoms with E-state index in [4.69, 9.17) is 0 Å². The molecule has 1 aliphatic carbocycles. The molecule has 1 N–H and O–H groups in total. The minimum atomic E-state index is 0.606. The van der Waals surface area contributed by atoms with Crippen LogP contribution in [-0.2, 0) is 0 Å². The van der Waals surface area contributed by atoms with Gasteiger partial charge in [0, 0.05) is 12.6 Å². The summed E-state index contributed by atoms with van der Waals surface area (Å²) in [5, 5.41) is 3.64. The van der Waals surface area contributed by atoms with Crippen LogP contribution in [-0.4, -0.2) is 37.1 Å². The molecule has 1 aliphatic heterocycles. The van der Waals surface area contributed by atoms with Crippen LogP contribution in [0, 0.1) is 17.3 Å². The molecule has 0 amide bonds. The van der Waals surface area contributed by atoms with Crippen molar-refractivity contribution < 1.29 is 0 Å². The molecule has 1 atom stereocenters. The lowest BCUT2D eigenvalue weighted by Gasteiger charge is -2.38. The Morgan fingerprint density at radius 3 is 2.47 bits per heavy atom. The Morgan fingerprint density at radius 1 is 1.16 bits per heavy atom. The maximum atomic E-state index is 3.64. The SMILES string of the molecule is CC(C)CNCC1CCN(C2CCC(C)(C)CC2)C1. The van der Waals surface area contributed by atoms with E-state index in [9.17, 15) is 0 Å². The Hall–Kier alpha value is -0.0800. The summed E-state index contributed by atoms with van der Waals surface area (Å²) < 4.78 is 0. The lowest BCUT2D eigenvalue weighted by molar-refractivity contribution is 0.123. The van der Waals surface area contributed by atoms with Crippen molar-refractivity contribution in [2.24, 2.45) is 17.3 Å². The largest absolute Gasteiger partial charge is 0.316 e. The van der Waals surface area contributed by atoms with Gasteiger partial charge < -0.3 is 10.2 Å². The summed E-state index contributed by atoms with van der Waals surface area (Å²) >= 11 is 0. The summed E-state index contributed by atoms with van der Waals surface area (Å²) in [6.07, 6.45) is 7.11. The molecule has 1 saturated heterocycles. The first-order valence-electron chi connectivity index (χ1n) is 8.41. The van der Waals surface area contributed by atoms with E-state index in [2.05, 4.69) is 37.9 Å². The number of nitrogens with one attached hydrogen (secondary N) is 1. The van der Waals surface area contributed by atoms with E-state index in [-0.39, 0.29) is 0 Å². The van der Waals surface area contributed by atoms with E-state index in [0.29, 0.717) is 5.41 Å². The number of nitrogens with zero attached hydrogens (tertiary/aromatic N) is 1. The Balaban J connectivity index is 1.67. The third-order valence-corrected chi connectivity index (χ3v) is 5.13. The lowest BCUT2D eigenvalue weighted by atomic mass is 9.75. The van der Waals surface area contributed by atoms with Crippen LogP contribution in [0.5, 0.6) is 0 Å². The van der Waals surface area contributed by atoms with Crippen molar-refractivity contribution in [2.45, 2.75) is 65.8 Å². The smallest absolute Gasteiger partial charge is 0.00957 e. The van der Waals surface area contributed by atoms with E-state index in [1.807, 2.05) is 0 Å². The van der Waals surface area contributed by atoms with Gasteiger partial charge in [-0.05, 0) is 69.0 Å². The van der Waals surface area contributed by atoms with Gasteiger partial charge in [0.1, 0.15) is 0 Å². The topological polar surface area (TPSA) is 15.3 Å². The molecule has 112 valence electrons. The fourth-order valence-corrected chi connectivity index (χ4v) is 3.69. The first-order chi connectivity index (χ1) is 8.96. The van der Waals surface area contributed by atoms with E-state index in [0.717, 1.165) is 17.9 Å². The average Bonchev–Trinajstić information content (AvgIpc) is 2.77. The Labute approximate surface area is 120 Å². The molecule has 0 aromatic heterocycles. The van der Waals surface area contributed by atoms with Gasteiger partial charge in [-0.1, -0.05) is 27.7 Å². The second-order valence-electron chi connectivity index (χ2n) is 8.10. The van der Waals surface area contributed by atoms with Gasteiger partial charge in [-0.2, -0.15) is 0 Å². The van der Waals surface area contributed by atoms with Crippen molar-refractivity contribution in [1.29, 1.82) is 0 Å². The highest BCUT2D eigenvalue weighted by molar-refractivity contribution is 4.88. The van der Waals surface area contributed by atoms with E-state index >= 15 is 0 Å². The van der Waals surface area contributed by atoms with Crippen LogP contribution in [0.1, 0.15) is 59.8 Å². The molecule has 0 aromatic rings. The fourth-order valence-electron chi connectivity index (χ4n) is 3.69. The van der Waals surface area contributed by atoms with Crippen molar-refractivity contribution >= 4 is 0 Å². The maximum absolute atomic E-state index is 3.64.